The number of benzene rings is 1. The Morgan fingerprint density at radius 2 is 1.92 bits per heavy atom. The van der Waals surface area contributed by atoms with E-state index in [1.807, 2.05) is 6.92 Å². The Morgan fingerprint density at radius 1 is 1.25 bits per heavy atom. The molecule has 2 aliphatic rings. The molecule has 2 aromatic rings. The van der Waals surface area contributed by atoms with Crippen molar-refractivity contribution in [3.05, 3.63) is 51.0 Å². The lowest BCUT2D eigenvalue weighted by molar-refractivity contribution is -0.171. The topological polar surface area (TPSA) is 76.6 Å². The molecule has 1 unspecified atom stereocenters. The summed E-state index contributed by atoms with van der Waals surface area (Å²) in [5, 5.41) is 1.47. The van der Waals surface area contributed by atoms with Crippen molar-refractivity contribution < 1.29 is 19.2 Å². The zero-order chi connectivity index (χ0) is 16.8. The highest BCUT2D eigenvalue weighted by atomic mass is 32.1. The molecule has 0 spiro atoms. The molecular formula is C17H14N2O4S. The maximum absolute atomic E-state index is 12.6. The van der Waals surface area contributed by atoms with Crippen LogP contribution in [0.15, 0.2) is 24.3 Å². The Balaban J connectivity index is 1.58. The van der Waals surface area contributed by atoms with Crippen molar-refractivity contribution in [1.29, 1.82) is 0 Å². The van der Waals surface area contributed by atoms with Gasteiger partial charge < -0.3 is 4.84 Å². The van der Waals surface area contributed by atoms with Crippen molar-refractivity contribution in [2.75, 3.05) is 0 Å². The van der Waals surface area contributed by atoms with E-state index in [-0.39, 0.29) is 11.1 Å². The van der Waals surface area contributed by atoms with Crippen LogP contribution in [0.25, 0.3) is 0 Å². The minimum atomic E-state index is -0.602. The lowest BCUT2D eigenvalue weighted by atomic mass is 9.91. The zero-order valence-electron chi connectivity index (χ0n) is 12.9. The number of hydrogen-bond donors (Lipinski definition) is 0. The summed E-state index contributed by atoms with van der Waals surface area (Å²) in [5.41, 5.74) is 1.23. The number of imide groups is 1. The van der Waals surface area contributed by atoms with Crippen LogP contribution in [0.2, 0.25) is 0 Å². The summed E-state index contributed by atoms with van der Waals surface area (Å²) in [7, 11) is 0. The molecule has 0 fully saturated rings. The smallest absolute Gasteiger partial charge is 0.329 e. The van der Waals surface area contributed by atoms with E-state index >= 15 is 0 Å². The third-order valence-corrected chi connectivity index (χ3v) is 5.33. The Labute approximate surface area is 142 Å². The van der Waals surface area contributed by atoms with E-state index in [2.05, 4.69) is 4.98 Å². The van der Waals surface area contributed by atoms with Crippen LogP contribution < -0.4 is 0 Å². The molecule has 1 aromatic carbocycles. The molecule has 1 atom stereocenters. The molecule has 0 saturated heterocycles. The summed E-state index contributed by atoms with van der Waals surface area (Å²) in [6.07, 6.45) is 2.37. The number of hydroxylamine groups is 2. The average Bonchev–Trinajstić information content (AvgIpc) is 3.07. The second-order valence-electron chi connectivity index (χ2n) is 5.85. The summed E-state index contributed by atoms with van der Waals surface area (Å²) in [4.78, 5) is 47.8. The average molecular weight is 342 g/mol. The molecule has 0 bridgehead atoms. The Hall–Kier alpha value is -2.54. The lowest BCUT2D eigenvalue weighted by Gasteiger charge is -2.21. The lowest BCUT2D eigenvalue weighted by Crippen LogP contribution is -2.35. The molecule has 122 valence electrons. The maximum atomic E-state index is 12.6. The van der Waals surface area contributed by atoms with Gasteiger partial charge in [-0.1, -0.05) is 17.2 Å². The maximum Gasteiger partial charge on any atom is 0.342 e. The first-order valence-corrected chi connectivity index (χ1v) is 8.53. The van der Waals surface area contributed by atoms with Crippen LogP contribution in [0, 0.1) is 6.92 Å². The summed E-state index contributed by atoms with van der Waals surface area (Å²) in [5.74, 6) is -2.33. The van der Waals surface area contributed by atoms with Gasteiger partial charge in [-0.25, -0.2) is 9.78 Å². The van der Waals surface area contributed by atoms with Crippen molar-refractivity contribution in [2.24, 2.45) is 0 Å². The number of aromatic nitrogens is 1. The molecule has 0 saturated carbocycles. The molecule has 2 heterocycles. The van der Waals surface area contributed by atoms with Crippen LogP contribution in [-0.2, 0) is 16.1 Å². The van der Waals surface area contributed by atoms with Crippen LogP contribution >= 0.6 is 11.3 Å². The van der Waals surface area contributed by atoms with Crippen molar-refractivity contribution >= 4 is 29.1 Å². The number of fused-ring (bicyclic) bond motifs is 2. The van der Waals surface area contributed by atoms with E-state index in [4.69, 9.17) is 4.84 Å². The van der Waals surface area contributed by atoms with Crippen LogP contribution in [0.5, 0.6) is 0 Å². The van der Waals surface area contributed by atoms with E-state index in [1.54, 1.807) is 35.6 Å². The predicted octanol–water partition coefficient (Wildman–Crippen LogP) is 2.63. The standard InChI is InChI=1S/C17H14N2O4S/c1-9-18-14-12(7-4-8-13(14)24-9)17(22)23-19-15(20)10-5-2-3-6-11(10)16(19)21/h2-3,5-6,12H,4,7-8H2,1H3. The first-order chi connectivity index (χ1) is 11.6. The normalized spacial score (nSPS) is 19.2. The molecule has 1 aromatic heterocycles. The molecule has 1 aliphatic heterocycles. The third kappa shape index (κ3) is 2.24. The third-order valence-electron chi connectivity index (χ3n) is 4.28. The fourth-order valence-corrected chi connectivity index (χ4v) is 4.21. The van der Waals surface area contributed by atoms with Gasteiger partial charge in [0.25, 0.3) is 11.8 Å². The van der Waals surface area contributed by atoms with Gasteiger partial charge in [-0.05, 0) is 38.3 Å². The Morgan fingerprint density at radius 3 is 2.58 bits per heavy atom. The van der Waals surface area contributed by atoms with Crippen LogP contribution in [-0.4, -0.2) is 27.8 Å². The monoisotopic (exact) mass is 342 g/mol. The van der Waals surface area contributed by atoms with Gasteiger partial charge in [-0.3, -0.25) is 9.59 Å². The van der Waals surface area contributed by atoms with E-state index < -0.39 is 23.7 Å². The Kier molecular flexibility index (Phi) is 3.45. The molecule has 4 rings (SSSR count). The minimum absolute atomic E-state index is 0.254. The number of carbonyl (C=O) groups excluding carboxylic acids is 3. The summed E-state index contributed by atoms with van der Waals surface area (Å²) in [6, 6.07) is 6.43. The van der Waals surface area contributed by atoms with Gasteiger partial charge in [0.15, 0.2) is 0 Å². The van der Waals surface area contributed by atoms with Gasteiger partial charge in [0, 0.05) is 4.88 Å². The molecular weight excluding hydrogens is 328 g/mol. The van der Waals surface area contributed by atoms with Gasteiger partial charge in [0.2, 0.25) is 0 Å². The number of nitrogens with zero attached hydrogens (tertiary/aromatic N) is 2. The number of thiazole rings is 1. The fraction of sp³-hybridized carbons (Fsp3) is 0.294. The van der Waals surface area contributed by atoms with Crippen molar-refractivity contribution in [1.82, 2.24) is 10.0 Å². The van der Waals surface area contributed by atoms with E-state index in [0.29, 0.717) is 11.5 Å². The van der Waals surface area contributed by atoms with Gasteiger partial charge in [0.05, 0.1) is 21.8 Å². The van der Waals surface area contributed by atoms with Crippen LogP contribution in [0.1, 0.15) is 55.1 Å². The second-order valence-corrected chi connectivity index (χ2v) is 7.13. The molecule has 1 aliphatic carbocycles. The van der Waals surface area contributed by atoms with Crippen molar-refractivity contribution in [3.63, 3.8) is 0 Å². The molecule has 0 radical (unpaired) electrons. The van der Waals surface area contributed by atoms with Gasteiger partial charge in [0.1, 0.15) is 5.92 Å². The van der Waals surface area contributed by atoms with Crippen molar-refractivity contribution in [2.45, 2.75) is 32.1 Å². The van der Waals surface area contributed by atoms with Crippen molar-refractivity contribution in [3.8, 4) is 0 Å². The molecule has 7 heteroatoms. The first kappa shape index (κ1) is 15.0. The SMILES string of the molecule is Cc1nc2c(s1)CCCC2C(=O)ON1C(=O)c2ccccc2C1=O. The quantitative estimate of drug-likeness (QED) is 0.784. The van der Waals surface area contributed by atoms with Gasteiger partial charge in [-0.15, -0.1) is 11.3 Å². The van der Waals surface area contributed by atoms with E-state index in [0.717, 1.165) is 28.4 Å². The highest BCUT2D eigenvalue weighted by Crippen LogP contribution is 2.36. The summed E-state index contributed by atoms with van der Waals surface area (Å²) < 4.78 is 0. The molecule has 2 amide bonds. The molecule has 0 N–H and O–H groups in total. The zero-order valence-corrected chi connectivity index (χ0v) is 13.8. The number of carbonyl (C=O) groups is 3. The van der Waals surface area contributed by atoms with Crippen LogP contribution in [0.3, 0.4) is 0 Å². The second kappa shape index (κ2) is 5.52. The van der Waals surface area contributed by atoms with Crippen LogP contribution in [0.4, 0.5) is 0 Å². The summed E-state index contributed by atoms with van der Waals surface area (Å²) in [6.45, 7) is 1.90. The first-order valence-electron chi connectivity index (χ1n) is 7.72. The Bertz CT molecular complexity index is 838. The molecule has 24 heavy (non-hydrogen) atoms. The fourth-order valence-electron chi connectivity index (χ4n) is 3.17. The van der Waals surface area contributed by atoms with E-state index in [1.165, 1.54) is 0 Å². The predicted molar refractivity (Wildman–Crippen MR) is 85.6 cm³/mol. The number of aryl methyl sites for hydroxylation is 2. The highest BCUT2D eigenvalue weighted by molar-refractivity contribution is 7.11. The molecule has 6 nitrogen and oxygen atoms in total. The highest BCUT2D eigenvalue weighted by Gasteiger charge is 2.41. The van der Waals surface area contributed by atoms with Gasteiger partial charge in [-0.2, -0.15) is 0 Å². The minimum Gasteiger partial charge on any atom is -0.329 e. The van der Waals surface area contributed by atoms with E-state index in [9.17, 15) is 14.4 Å². The largest absolute Gasteiger partial charge is 0.342 e. The number of hydrogen-bond acceptors (Lipinski definition) is 6. The summed E-state index contributed by atoms with van der Waals surface area (Å²) >= 11 is 1.58. The number of amides is 2. The number of rotatable bonds is 2. The van der Waals surface area contributed by atoms with Gasteiger partial charge >= 0.3 is 5.97 Å².